The number of unbranched alkanes of at least 4 members (excludes halogenated alkanes) is 5. The van der Waals surface area contributed by atoms with E-state index in [0.29, 0.717) is 25.3 Å². The van der Waals surface area contributed by atoms with E-state index >= 15 is 0 Å². The number of amides is 3. The Morgan fingerprint density at radius 2 is 1.71 bits per heavy atom. The average molecular weight is 550 g/mol. The van der Waals surface area contributed by atoms with E-state index in [1.54, 1.807) is 37.4 Å². The average Bonchev–Trinajstić information content (AvgIpc) is 2.84. The maximum absolute atomic E-state index is 14.2. The summed E-state index contributed by atoms with van der Waals surface area (Å²) in [6.07, 6.45) is 8.75. The first-order chi connectivity index (χ1) is 18.0. The van der Waals surface area contributed by atoms with Crippen LogP contribution in [0.15, 0.2) is 24.3 Å². The molecule has 0 heterocycles. The second-order valence-electron chi connectivity index (χ2n) is 10.9. The number of carbonyl (C=O) groups excluding carboxylic acids is 3. The molecule has 0 aliphatic carbocycles. The molecule has 3 amide bonds. The van der Waals surface area contributed by atoms with E-state index in [0.717, 1.165) is 56.1 Å². The van der Waals surface area contributed by atoms with Crippen LogP contribution in [0.25, 0.3) is 0 Å². The Balaban J connectivity index is 3.40. The number of nitrogens with one attached hydrogen (secondary N) is 2. The van der Waals surface area contributed by atoms with Crippen molar-refractivity contribution in [1.82, 2.24) is 15.5 Å². The van der Waals surface area contributed by atoms with Gasteiger partial charge in [0, 0.05) is 13.1 Å². The van der Waals surface area contributed by atoms with Gasteiger partial charge in [-0.3, -0.25) is 9.59 Å². The summed E-state index contributed by atoms with van der Waals surface area (Å²) in [6, 6.07) is 6.22. The van der Waals surface area contributed by atoms with Crippen molar-refractivity contribution in [1.29, 1.82) is 0 Å². The molecule has 0 aliphatic heterocycles. The van der Waals surface area contributed by atoms with Crippen LogP contribution in [0.1, 0.15) is 103 Å². The summed E-state index contributed by atoms with van der Waals surface area (Å²) in [4.78, 5) is 42.2. The Kier molecular flexibility index (Phi) is 16.1. The van der Waals surface area contributed by atoms with Crippen molar-refractivity contribution >= 4 is 29.7 Å². The second kappa shape index (κ2) is 18.1. The fraction of sp³-hybridized carbons (Fsp3) is 0.700. The number of carbonyl (C=O) groups is 3. The zero-order valence-corrected chi connectivity index (χ0v) is 25.5. The molecule has 216 valence electrons. The Bertz CT molecular complexity index is 856. The number of aryl methyl sites for hydroxylation is 1. The molecule has 7 nitrogen and oxygen atoms in total. The first-order valence-corrected chi connectivity index (χ1v) is 15.6. The maximum atomic E-state index is 14.2. The number of hydrogen-bond donors (Lipinski definition) is 2. The fourth-order valence-electron chi connectivity index (χ4n) is 4.19. The number of nitrogens with zero attached hydrogens (tertiary/aromatic N) is 1. The zero-order valence-electron chi connectivity index (χ0n) is 24.7. The molecule has 2 atom stereocenters. The number of ether oxygens (including phenoxy) is 1. The highest BCUT2D eigenvalue weighted by Gasteiger charge is 2.35. The normalized spacial score (nSPS) is 12.9. The lowest BCUT2D eigenvalue weighted by Gasteiger charge is -2.35. The first-order valence-electron chi connectivity index (χ1n) is 14.2. The van der Waals surface area contributed by atoms with Gasteiger partial charge < -0.3 is 20.3 Å². The van der Waals surface area contributed by atoms with E-state index in [4.69, 9.17) is 4.74 Å². The van der Waals surface area contributed by atoms with Crippen molar-refractivity contribution in [2.75, 3.05) is 25.1 Å². The molecular weight excluding hydrogens is 498 g/mol. The van der Waals surface area contributed by atoms with Gasteiger partial charge in [-0.1, -0.05) is 75.8 Å². The Morgan fingerprint density at radius 1 is 1.03 bits per heavy atom. The molecule has 0 saturated heterocycles. The molecule has 0 aliphatic rings. The highest BCUT2D eigenvalue weighted by atomic mass is 32.2. The highest BCUT2D eigenvalue weighted by molar-refractivity contribution is 7.98. The van der Waals surface area contributed by atoms with Gasteiger partial charge in [-0.05, 0) is 64.5 Å². The van der Waals surface area contributed by atoms with Crippen LogP contribution < -0.4 is 10.6 Å². The van der Waals surface area contributed by atoms with Crippen LogP contribution >= 0.6 is 11.8 Å². The number of benzene rings is 1. The minimum Gasteiger partial charge on any atom is -0.444 e. The van der Waals surface area contributed by atoms with Gasteiger partial charge >= 0.3 is 6.09 Å². The molecule has 0 fully saturated rings. The van der Waals surface area contributed by atoms with Gasteiger partial charge in [0.1, 0.15) is 17.7 Å². The van der Waals surface area contributed by atoms with Gasteiger partial charge in [-0.25, -0.2) is 4.79 Å². The Labute approximate surface area is 235 Å². The summed E-state index contributed by atoms with van der Waals surface area (Å²) in [7, 11) is 0. The lowest BCUT2D eigenvalue weighted by atomic mass is 9.99. The third kappa shape index (κ3) is 13.0. The lowest BCUT2D eigenvalue weighted by molar-refractivity contribution is -0.142. The molecule has 38 heavy (non-hydrogen) atoms. The van der Waals surface area contributed by atoms with E-state index in [9.17, 15) is 14.4 Å². The molecule has 2 unspecified atom stereocenters. The van der Waals surface area contributed by atoms with Gasteiger partial charge in [-0.2, -0.15) is 11.8 Å². The van der Waals surface area contributed by atoms with Crippen LogP contribution in [0.3, 0.4) is 0 Å². The zero-order chi connectivity index (χ0) is 28.6. The largest absolute Gasteiger partial charge is 0.444 e. The maximum Gasteiger partial charge on any atom is 0.408 e. The van der Waals surface area contributed by atoms with Crippen molar-refractivity contribution in [3.8, 4) is 0 Å². The number of thioether (sulfide) groups is 1. The Morgan fingerprint density at radius 3 is 2.32 bits per heavy atom. The van der Waals surface area contributed by atoms with Crippen LogP contribution in [0.4, 0.5) is 4.79 Å². The van der Waals surface area contributed by atoms with E-state index in [-0.39, 0.29) is 11.8 Å². The van der Waals surface area contributed by atoms with Gasteiger partial charge in [0.15, 0.2) is 0 Å². The predicted molar refractivity (Wildman–Crippen MR) is 158 cm³/mol. The van der Waals surface area contributed by atoms with E-state index in [1.165, 1.54) is 0 Å². The summed E-state index contributed by atoms with van der Waals surface area (Å²) in [5, 5.41) is 5.86. The van der Waals surface area contributed by atoms with Crippen LogP contribution in [0, 0.1) is 6.92 Å². The molecule has 1 rings (SSSR count). The van der Waals surface area contributed by atoms with Gasteiger partial charge in [0.05, 0.1) is 0 Å². The van der Waals surface area contributed by atoms with E-state index in [1.807, 2.05) is 37.4 Å². The summed E-state index contributed by atoms with van der Waals surface area (Å²) in [5.74, 6) is 0.248. The molecule has 1 aromatic carbocycles. The molecule has 0 radical (unpaired) electrons. The van der Waals surface area contributed by atoms with E-state index < -0.39 is 23.8 Å². The summed E-state index contributed by atoms with van der Waals surface area (Å²) in [6.45, 7) is 12.6. The summed E-state index contributed by atoms with van der Waals surface area (Å²) in [5.41, 5.74) is 1.12. The molecule has 0 spiro atoms. The monoisotopic (exact) mass is 549 g/mol. The molecule has 1 aromatic rings. The summed E-state index contributed by atoms with van der Waals surface area (Å²) >= 11 is 1.61. The van der Waals surface area contributed by atoms with Crippen LogP contribution in [-0.4, -0.2) is 59.5 Å². The van der Waals surface area contributed by atoms with Crippen molar-refractivity contribution in [3.63, 3.8) is 0 Å². The summed E-state index contributed by atoms with van der Waals surface area (Å²) < 4.78 is 5.47. The smallest absolute Gasteiger partial charge is 0.408 e. The van der Waals surface area contributed by atoms with Crippen molar-refractivity contribution in [2.24, 2.45) is 0 Å². The number of rotatable bonds is 17. The fourth-order valence-corrected chi connectivity index (χ4v) is 4.66. The molecular formula is C30H51N3O4S. The van der Waals surface area contributed by atoms with E-state index in [2.05, 4.69) is 24.5 Å². The minimum atomic E-state index is -0.788. The minimum absolute atomic E-state index is 0.188. The predicted octanol–water partition coefficient (Wildman–Crippen LogP) is 6.40. The topological polar surface area (TPSA) is 87.7 Å². The number of hydrogen-bond acceptors (Lipinski definition) is 5. The molecule has 0 saturated carbocycles. The third-order valence-corrected chi connectivity index (χ3v) is 6.78. The van der Waals surface area contributed by atoms with Crippen LogP contribution in [-0.2, 0) is 14.3 Å². The van der Waals surface area contributed by atoms with Crippen molar-refractivity contribution in [3.05, 3.63) is 35.4 Å². The third-order valence-electron chi connectivity index (χ3n) is 6.13. The van der Waals surface area contributed by atoms with Gasteiger partial charge in [0.25, 0.3) is 0 Å². The van der Waals surface area contributed by atoms with Crippen molar-refractivity contribution < 1.29 is 19.1 Å². The molecule has 2 N–H and O–H groups in total. The molecule has 0 bridgehead atoms. The van der Waals surface area contributed by atoms with Gasteiger partial charge in [0.2, 0.25) is 11.8 Å². The highest BCUT2D eigenvalue weighted by Crippen LogP contribution is 2.25. The quantitative estimate of drug-likeness (QED) is 0.220. The first kappa shape index (κ1) is 33.8. The Hall–Kier alpha value is -2.22. The lowest BCUT2D eigenvalue weighted by Crippen LogP contribution is -2.53. The van der Waals surface area contributed by atoms with Gasteiger partial charge in [-0.15, -0.1) is 0 Å². The molecule has 0 aromatic heterocycles. The standard InChI is InChI=1S/C30H51N3O4S/c1-8-10-12-13-14-20-33(28(35)25(18-21-38-7)32-29(36)37-30(4,5)6)26(27(34)31-19-11-9-2)24-17-15-16-23(3)22-24/h15-17,22,25-26H,8-14,18-21H2,1-7H3,(H,31,34)(H,32,36). The SMILES string of the molecule is CCCCCCCN(C(=O)C(CCSC)NC(=O)OC(C)(C)C)C(C(=O)NCCCC)c1cccc(C)c1. The number of alkyl carbamates (subject to hydrolysis) is 1. The second-order valence-corrected chi connectivity index (χ2v) is 11.9. The van der Waals surface area contributed by atoms with Crippen LogP contribution in [0.2, 0.25) is 0 Å². The van der Waals surface area contributed by atoms with Crippen molar-refractivity contribution in [2.45, 2.75) is 111 Å². The van der Waals surface area contributed by atoms with Crippen LogP contribution in [0.5, 0.6) is 0 Å². The molecule has 8 heteroatoms.